The number of halogens is 1. The quantitative estimate of drug-likeness (QED) is 0.124. The zero-order valence-corrected chi connectivity index (χ0v) is 26.1. The molecule has 0 aliphatic carbocycles. The molecule has 1 nitrogen and oxygen atoms in total. The second-order valence-electron chi connectivity index (χ2n) is 10.7. The number of aromatic nitrogens is 1. The molecular formula is C39H50FN. The molecule has 2 heteroatoms. The first kappa shape index (κ1) is 35.3. The molecule has 1 heterocycles. The highest BCUT2D eigenvalue weighted by atomic mass is 19.1. The monoisotopic (exact) mass is 551 g/mol. The maximum absolute atomic E-state index is 13.2. The molecule has 1 aromatic heterocycles. The molecule has 2 aromatic carbocycles. The van der Waals surface area contributed by atoms with Crippen molar-refractivity contribution in [1.82, 2.24) is 4.98 Å². The normalized spacial score (nSPS) is 11.5. The van der Waals surface area contributed by atoms with Gasteiger partial charge in [0.05, 0.1) is 0 Å². The number of allylic oxidation sites excluding steroid dienone is 3. The van der Waals surface area contributed by atoms with Crippen LogP contribution in [0.15, 0.2) is 111 Å². The summed E-state index contributed by atoms with van der Waals surface area (Å²) in [6, 6.07) is 20.8. The minimum Gasteiger partial charge on any atom is -0.264 e. The van der Waals surface area contributed by atoms with E-state index in [-0.39, 0.29) is 0 Å². The van der Waals surface area contributed by atoms with Crippen molar-refractivity contribution in [1.29, 1.82) is 0 Å². The van der Waals surface area contributed by atoms with Crippen molar-refractivity contribution in [2.24, 2.45) is 0 Å². The molecule has 0 N–H and O–H groups in total. The zero-order valence-electron chi connectivity index (χ0n) is 26.1. The van der Waals surface area contributed by atoms with E-state index in [1.807, 2.05) is 62.6 Å². The molecule has 0 radical (unpaired) electrons. The number of nitrogens with zero attached hydrogens (tertiary/aromatic N) is 1. The highest BCUT2D eigenvalue weighted by molar-refractivity contribution is 5.41. The summed E-state index contributed by atoms with van der Waals surface area (Å²) in [5.74, 6) is 6.50. The third-order valence-corrected chi connectivity index (χ3v) is 6.51. The molecule has 3 aromatic rings. The van der Waals surface area contributed by atoms with Crippen LogP contribution in [0.5, 0.6) is 0 Å². The van der Waals surface area contributed by atoms with Gasteiger partial charge in [0.15, 0.2) is 0 Å². The molecule has 0 spiro atoms. The van der Waals surface area contributed by atoms with Crippen LogP contribution in [0, 0.1) is 18.8 Å². The van der Waals surface area contributed by atoms with Crippen LogP contribution in [0.3, 0.4) is 0 Å². The van der Waals surface area contributed by atoms with Crippen LogP contribution < -0.4 is 0 Å². The van der Waals surface area contributed by atoms with Crippen molar-refractivity contribution in [2.75, 3.05) is 0 Å². The van der Waals surface area contributed by atoms with E-state index >= 15 is 0 Å². The average Bonchev–Trinajstić information content (AvgIpc) is 2.96. The standard InChI is InChI=1S/C26H31N.C11H15F.C2H4/c1-4-7-8-13-22(11-5-2)17-18-26(25-16-10-19-27-21-25)24-15-9-14-23(20-24)12-6-3;1-9-4-6-10(7-5-9)8-11(2,3)12;1-2/h4,9-10,14-17,19-21,26H,1,5,7-8,11,13,18H2,2-3H3;4-7H,8H2,1-3H3;1-2H2/b22-17-;;. The van der Waals surface area contributed by atoms with Crippen molar-refractivity contribution < 1.29 is 4.39 Å². The smallest absolute Gasteiger partial charge is 0.109 e. The second kappa shape index (κ2) is 20.2. The van der Waals surface area contributed by atoms with E-state index in [4.69, 9.17) is 0 Å². The first-order valence-corrected chi connectivity index (χ1v) is 14.7. The molecule has 41 heavy (non-hydrogen) atoms. The summed E-state index contributed by atoms with van der Waals surface area (Å²) in [5, 5.41) is 0. The third-order valence-electron chi connectivity index (χ3n) is 6.51. The highest BCUT2D eigenvalue weighted by Crippen LogP contribution is 2.30. The van der Waals surface area contributed by atoms with Crippen LogP contribution in [-0.2, 0) is 6.42 Å². The summed E-state index contributed by atoms with van der Waals surface area (Å²) < 4.78 is 13.2. The molecule has 1 unspecified atom stereocenters. The Kier molecular flexibility index (Phi) is 17.4. The molecule has 0 saturated carbocycles. The van der Waals surface area contributed by atoms with Crippen molar-refractivity contribution in [2.45, 2.75) is 91.2 Å². The Balaban J connectivity index is 0.000000500. The molecule has 218 valence electrons. The minimum atomic E-state index is -1.10. The Morgan fingerprint density at radius 1 is 1.02 bits per heavy atom. The molecule has 1 atom stereocenters. The number of rotatable bonds is 12. The molecule has 0 saturated heterocycles. The fourth-order valence-corrected chi connectivity index (χ4v) is 4.62. The molecule has 3 rings (SSSR count). The van der Waals surface area contributed by atoms with E-state index in [2.05, 4.69) is 79.9 Å². The fourth-order valence-electron chi connectivity index (χ4n) is 4.62. The predicted molar refractivity (Wildman–Crippen MR) is 178 cm³/mol. The van der Waals surface area contributed by atoms with Crippen molar-refractivity contribution >= 4 is 0 Å². The maximum Gasteiger partial charge on any atom is 0.109 e. The minimum absolute atomic E-state index is 0.309. The lowest BCUT2D eigenvalue weighted by molar-refractivity contribution is 0.217. The Bertz CT molecular complexity index is 1220. The van der Waals surface area contributed by atoms with E-state index < -0.39 is 5.67 Å². The van der Waals surface area contributed by atoms with E-state index in [0.717, 1.165) is 24.0 Å². The van der Waals surface area contributed by atoms with Gasteiger partial charge in [-0.25, -0.2) is 4.39 Å². The Hall–Kier alpha value is -3.70. The average molecular weight is 552 g/mol. The molecule has 0 bridgehead atoms. The lowest BCUT2D eigenvalue weighted by Crippen LogP contribution is -2.15. The summed E-state index contributed by atoms with van der Waals surface area (Å²) in [6.07, 6.45) is 15.6. The number of alkyl halides is 1. The SMILES string of the molecule is C=C.C=CCCC/C(=C\CC(c1cccnc1)c1cccc(C#CC)c1)CCC.Cc1ccc(CC(C)(C)F)cc1. The number of pyridine rings is 1. The summed E-state index contributed by atoms with van der Waals surface area (Å²) in [5.41, 5.74) is 6.39. The number of benzene rings is 2. The first-order valence-electron chi connectivity index (χ1n) is 14.7. The lowest BCUT2D eigenvalue weighted by atomic mass is 9.87. The van der Waals surface area contributed by atoms with Gasteiger partial charge >= 0.3 is 0 Å². The third kappa shape index (κ3) is 15.0. The summed E-state index contributed by atoms with van der Waals surface area (Å²) in [7, 11) is 0. The van der Waals surface area contributed by atoms with Crippen LogP contribution in [0.1, 0.15) is 100.0 Å². The fraction of sp³-hybridized carbons (Fsp3) is 0.359. The number of hydrogen-bond acceptors (Lipinski definition) is 1. The van der Waals surface area contributed by atoms with Gasteiger partial charge < -0.3 is 0 Å². The Morgan fingerprint density at radius 2 is 1.73 bits per heavy atom. The summed E-state index contributed by atoms with van der Waals surface area (Å²) >= 11 is 0. The van der Waals surface area contributed by atoms with E-state index in [1.165, 1.54) is 42.4 Å². The summed E-state index contributed by atoms with van der Waals surface area (Å²) in [6.45, 7) is 19.2. The number of hydrogen-bond donors (Lipinski definition) is 0. The predicted octanol–water partition coefficient (Wildman–Crippen LogP) is 11.1. The van der Waals surface area contributed by atoms with E-state index in [9.17, 15) is 4.39 Å². The molecular weight excluding hydrogens is 501 g/mol. The van der Waals surface area contributed by atoms with Gasteiger partial charge in [0.25, 0.3) is 0 Å². The molecule has 0 aliphatic rings. The first-order chi connectivity index (χ1) is 19.8. The van der Waals surface area contributed by atoms with Gasteiger partial charge in [-0.2, -0.15) is 0 Å². The van der Waals surface area contributed by atoms with Gasteiger partial charge in [-0.05, 0) is 94.7 Å². The number of unbranched alkanes of at least 4 members (excludes halogenated alkanes) is 1. The molecule has 0 aliphatic heterocycles. The summed E-state index contributed by atoms with van der Waals surface area (Å²) in [4.78, 5) is 4.35. The highest BCUT2D eigenvalue weighted by Gasteiger charge is 2.16. The van der Waals surface area contributed by atoms with Crippen LogP contribution in [0.2, 0.25) is 0 Å². The van der Waals surface area contributed by atoms with Crippen LogP contribution in [-0.4, -0.2) is 10.7 Å². The van der Waals surface area contributed by atoms with Gasteiger partial charge in [0.1, 0.15) is 5.67 Å². The largest absolute Gasteiger partial charge is 0.264 e. The van der Waals surface area contributed by atoms with Gasteiger partial charge in [0.2, 0.25) is 0 Å². The van der Waals surface area contributed by atoms with Crippen molar-refractivity contribution in [3.05, 3.63) is 138 Å². The zero-order chi connectivity index (χ0) is 30.5. The number of aryl methyl sites for hydroxylation is 1. The van der Waals surface area contributed by atoms with Gasteiger partial charge in [-0.15, -0.1) is 25.7 Å². The van der Waals surface area contributed by atoms with Gasteiger partial charge in [0, 0.05) is 30.3 Å². The van der Waals surface area contributed by atoms with Crippen LogP contribution in [0.25, 0.3) is 0 Å². The van der Waals surface area contributed by atoms with Gasteiger partial charge in [-0.1, -0.05) is 85.0 Å². The Labute approximate surface area is 250 Å². The lowest BCUT2D eigenvalue weighted by Gasteiger charge is -2.17. The topological polar surface area (TPSA) is 12.9 Å². The van der Waals surface area contributed by atoms with E-state index in [0.29, 0.717) is 12.3 Å². The van der Waals surface area contributed by atoms with Gasteiger partial charge in [-0.3, -0.25) is 4.98 Å². The van der Waals surface area contributed by atoms with E-state index in [1.54, 1.807) is 19.4 Å². The van der Waals surface area contributed by atoms with Crippen LogP contribution >= 0.6 is 0 Å². The second-order valence-corrected chi connectivity index (χ2v) is 10.7. The van der Waals surface area contributed by atoms with Crippen molar-refractivity contribution in [3.8, 4) is 11.8 Å². The Morgan fingerprint density at radius 3 is 2.32 bits per heavy atom. The molecule has 0 amide bonds. The van der Waals surface area contributed by atoms with Crippen molar-refractivity contribution in [3.63, 3.8) is 0 Å². The maximum atomic E-state index is 13.2. The molecule has 0 fully saturated rings. The van der Waals surface area contributed by atoms with Crippen LogP contribution in [0.4, 0.5) is 4.39 Å².